The van der Waals surface area contributed by atoms with Crippen molar-refractivity contribution in [1.82, 2.24) is 13.7 Å². The number of rotatable bonds is 2. The van der Waals surface area contributed by atoms with Gasteiger partial charge in [-0.3, -0.25) is 0 Å². The first-order valence-electron chi connectivity index (χ1n) is 6.43. The van der Waals surface area contributed by atoms with Gasteiger partial charge >= 0.3 is 0 Å². The van der Waals surface area contributed by atoms with Gasteiger partial charge in [0.1, 0.15) is 5.65 Å². The number of piperidine rings is 1. The van der Waals surface area contributed by atoms with Gasteiger partial charge in [0.2, 0.25) is 10.0 Å². The van der Waals surface area contributed by atoms with Crippen LogP contribution in [0.25, 0.3) is 5.65 Å². The monoisotopic (exact) mass is 279 g/mol. The summed E-state index contributed by atoms with van der Waals surface area (Å²) >= 11 is 0. The van der Waals surface area contributed by atoms with E-state index in [2.05, 4.69) is 15.5 Å². The molecule has 0 saturated carbocycles. The summed E-state index contributed by atoms with van der Waals surface area (Å²) in [4.78, 5) is 4.27. The molecule has 1 saturated heterocycles. The lowest BCUT2D eigenvalue weighted by atomic mass is 9.95. The van der Waals surface area contributed by atoms with Gasteiger partial charge in [0.05, 0.1) is 6.26 Å². The van der Waals surface area contributed by atoms with Crippen molar-refractivity contribution in [2.45, 2.75) is 18.8 Å². The number of hydrogen-bond acceptors (Lipinski definition) is 3. The Morgan fingerprint density at radius 2 is 2.21 bits per heavy atom. The molecule has 6 heteroatoms. The first-order valence-corrected chi connectivity index (χ1v) is 8.27. The third-order valence-electron chi connectivity index (χ3n) is 3.73. The van der Waals surface area contributed by atoms with Crippen LogP contribution in [0.1, 0.15) is 24.5 Å². The molecule has 0 unspecified atom stereocenters. The topological polar surface area (TPSA) is 54.7 Å². The van der Waals surface area contributed by atoms with Crippen LogP contribution in [0, 0.1) is 0 Å². The fraction of sp³-hybridized carbons (Fsp3) is 0.462. The molecule has 0 N–H and O–H groups in total. The summed E-state index contributed by atoms with van der Waals surface area (Å²) in [6.45, 7) is 1.20. The van der Waals surface area contributed by atoms with E-state index in [0.29, 0.717) is 13.1 Å². The Hall–Kier alpha value is -1.40. The van der Waals surface area contributed by atoms with Crippen molar-refractivity contribution in [1.29, 1.82) is 0 Å². The summed E-state index contributed by atoms with van der Waals surface area (Å²) < 4.78 is 27.0. The summed E-state index contributed by atoms with van der Waals surface area (Å²) in [5.74, 6) is 0.237. The predicted molar refractivity (Wildman–Crippen MR) is 73.6 cm³/mol. The molecule has 3 heterocycles. The standard InChI is InChI=1S/C13H17N3O2S/c1-19(17,18)15-8-3-4-11(10-15)12-5-2-6-13-14-7-9-16(12)13/h2,5-7,9,11H,3-4,8,10H2,1H3/t11-/m1/s1. The summed E-state index contributed by atoms with van der Waals surface area (Å²) in [7, 11) is -3.10. The summed E-state index contributed by atoms with van der Waals surface area (Å²) in [5, 5.41) is 0. The largest absolute Gasteiger partial charge is 0.304 e. The first kappa shape index (κ1) is 12.6. The van der Waals surface area contributed by atoms with E-state index in [-0.39, 0.29) is 5.92 Å². The van der Waals surface area contributed by atoms with Gasteiger partial charge in [0.15, 0.2) is 0 Å². The van der Waals surface area contributed by atoms with Crippen LogP contribution in [0.15, 0.2) is 30.6 Å². The number of aromatic nitrogens is 2. The highest BCUT2D eigenvalue weighted by Crippen LogP contribution is 2.28. The van der Waals surface area contributed by atoms with E-state index in [4.69, 9.17) is 0 Å². The van der Waals surface area contributed by atoms with E-state index in [1.807, 2.05) is 18.3 Å². The van der Waals surface area contributed by atoms with Gasteiger partial charge in [-0.05, 0) is 25.0 Å². The van der Waals surface area contributed by atoms with Crippen molar-refractivity contribution in [3.63, 3.8) is 0 Å². The minimum Gasteiger partial charge on any atom is -0.304 e. The zero-order valence-corrected chi connectivity index (χ0v) is 11.7. The van der Waals surface area contributed by atoms with Crippen molar-refractivity contribution in [2.24, 2.45) is 0 Å². The Bertz CT molecular complexity index is 693. The van der Waals surface area contributed by atoms with Gasteiger partial charge in [-0.15, -0.1) is 0 Å². The summed E-state index contributed by atoms with van der Waals surface area (Å²) in [6.07, 6.45) is 6.92. The first-order chi connectivity index (χ1) is 9.05. The average Bonchev–Trinajstić information content (AvgIpc) is 2.86. The van der Waals surface area contributed by atoms with Crippen LogP contribution in [0.4, 0.5) is 0 Å². The number of nitrogens with zero attached hydrogens (tertiary/aromatic N) is 3. The molecule has 5 nitrogen and oxygen atoms in total. The van der Waals surface area contributed by atoms with E-state index in [9.17, 15) is 8.42 Å². The van der Waals surface area contributed by atoms with Gasteiger partial charge in [-0.2, -0.15) is 0 Å². The van der Waals surface area contributed by atoms with E-state index >= 15 is 0 Å². The van der Waals surface area contributed by atoms with Gasteiger partial charge < -0.3 is 4.40 Å². The maximum atomic E-state index is 11.7. The van der Waals surface area contributed by atoms with Gasteiger partial charge in [0.25, 0.3) is 0 Å². The van der Waals surface area contributed by atoms with Crippen LogP contribution >= 0.6 is 0 Å². The highest BCUT2D eigenvalue weighted by molar-refractivity contribution is 7.88. The van der Waals surface area contributed by atoms with Gasteiger partial charge in [0, 0.05) is 37.1 Å². The van der Waals surface area contributed by atoms with E-state index in [1.165, 1.54) is 6.26 Å². The SMILES string of the molecule is CS(=O)(=O)N1CCC[C@@H](c2cccc3nccn23)C1. The molecule has 0 bridgehead atoms. The third kappa shape index (κ3) is 2.37. The normalized spacial score (nSPS) is 21.8. The molecule has 2 aromatic heterocycles. The van der Waals surface area contributed by atoms with Crippen molar-refractivity contribution < 1.29 is 8.42 Å². The number of fused-ring (bicyclic) bond motifs is 1. The molecule has 1 aliphatic rings. The maximum absolute atomic E-state index is 11.7. The molecule has 0 radical (unpaired) electrons. The molecule has 3 rings (SSSR count). The van der Waals surface area contributed by atoms with Crippen molar-refractivity contribution in [3.8, 4) is 0 Å². The third-order valence-corrected chi connectivity index (χ3v) is 5.00. The van der Waals surface area contributed by atoms with Crippen LogP contribution in [-0.4, -0.2) is 41.5 Å². The second-order valence-corrected chi connectivity index (χ2v) is 7.05. The molecule has 0 spiro atoms. The Balaban J connectivity index is 1.96. The van der Waals surface area contributed by atoms with E-state index < -0.39 is 10.0 Å². The van der Waals surface area contributed by atoms with Crippen LogP contribution in [0.3, 0.4) is 0 Å². The minimum absolute atomic E-state index is 0.237. The lowest BCUT2D eigenvalue weighted by Gasteiger charge is -2.31. The molecule has 0 aliphatic carbocycles. The van der Waals surface area contributed by atoms with Crippen molar-refractivity contribution in [3.05, 3.63) is 36.3 Å². The summed E-state index contributed by atoms with van der Waals surface area (Å²) in [6, 6.07) is 6.00. The number of sulfonamides is 1. The molecular formula is C13H17N3O2S. The highest BCUT2D eigenvalue weighted by atomic mass is 32.2. The van der Waals surface area contributed by atoms with Gasteiger partial charge in [-0.25, -0.2) is 17.7 Å². The molecule has 1 fully saturated rings. The maximum Gasteiger partial charge on any atom is 0.211 e. The van der Waals surface area contributed by atoms with E-state index in [0.717, 1.165) is 24.2 Å². The Labute approximate surface area is 112 Å². The smallest absolute Gasteiger partial charge is 0.211 e. The van der Waals surface area contributed by atoms with Crippen LogP contribution in [-0.2, 0) is 10.0 Å². The minimum atomic E-state index is -3.10. The van der Waals surface area contributed by atoms with Crippen molar-refractivity contribution in [2.75, 3.05) is 19.3 Å². The Kier molecular flexibility index (Phi) is 3.06. The summed E-state index contributed by atoms with van der Waals surface area (Å²) in [5.41, 5.74) is 2.05. The molecule has 0 aromatic carbocycles. The highest BCUT2D eigenvalue weighted by Gasteiger charge is 2.27. The predicted octanol–water partition coefficient (Wildman–Crippen LogP) is 1.47. The molecule has 19 heavy (non-hydrogen) atoms. The molecule has 1 aliphatic heterocycles. The second-order valence-electron chi connectivity index (χ2n) is 5.07. The lowest BCUT2D eigenvalue weighted by Crippen LogP contribution is -2.38. The number of hydrogen-bond donors (Lipinski definition) is 0. The van der Waals surface area contributed by atoms with Crippen LogP contribution in [0.5, 0.6) is 0 Å². The van der Waals surface area contributed by atoms with E-state index in [1.54, 1.807) is 10.5 Å². The quantitative estimate of drug-likeness (QED) is 0.836. The molecular weight excluding hydrogens is 262 g/mol. The fourth-order valence-electron chi connectivity index (χ4n) is 2.79. The Morgan fingerprint density at radius 3 is 3.00 bits per heavy atom. The zero-order valence-electron chi connectivity index (χ0n) is 10.9. The van der Waals surface area contributed by atoms with Crippen LogP contribution < -0.4 is 0 Å². The van der Waals surface area contributed by atoms with Crippen LogP contribution in [0.2, 0.25) is 0 Å². The second kappa shape index (κ2) is 4.61. The zero-order chi connectivity index (χ0) is 13.5. The molecule has 1 atom stereocenters. The Morgan fingerprint density at radius 1 is 1.37 bits per heavy atom. The number of pyridine rings is 1. The average molecular weight is 279 g/mol. The molecule has 0 amide bonds. The van der Waals surface area contributed by atoms with Crippen molar-refractivity contribution >= 4 is 15.7 Å². The fourth-order valence-corrected chi connectivity index (χ4v) is 3.70. The molecule has 2 aromatic rings. The van der Waals surface area contributed by atoms with Gasteiger partial charge in [-0.1, -0.05) is 6.07 Å². The lowest BCUT2D eigenvalue weighted by molar-refractivity contribution is 0.313. The molecule has 102 valence electrons. The number of imidazole rings is 1.